The molecule has 54 heavy (non-hydrogen) atoms. The fraction of sp³-hybridized carbons (Fsp3) is 0.538. The first kappa shape index (κ1) is 43.7. The number of phenols is 1. The maximum absolute atomic E-state index is 14.3. The van der Waals surface area contributed by atoms with Crippen LogP contribution in [0, 0.1) is 23.6 Å². The third kappa shape index (κ3) is 13.0. The molecule has 2 aliphatic rings. The maximum atomic E-state index is 14.3. The number of amides is 3. The second kappa shape index (κ2) is 21.2. The molecule has 0 radical (unpaired) electrons. The van der Waals surface area contributed by atoms with E-state index in [0.717, 1.165) is 12.1 Å². The Balaban J connectivity index is 2.08. The van der Waals surface area contributed by atoms with Crippen molar-refractivity contribution < 1.29 is 47.8 Å². The minimum absolute atomic E-state index is 0.0619. The molecule has 7 atom stereocenters. The number of rotatable bonds is 9. The lowest BCUT2D eigenvalue weighted by atomic mass is 9.85. The molecule has 1 saturated heterocycles. The van der Waals surface area contributed by atoms with Crippen molar-refractivity contribution in [3.63, 3.8) is 0 Å². The van der Waals surface area contributed by atoms with Crippen LogP contribution in [0.15, 0.2) is 54.2 Å². The van der Waals surface area contributed by atoms with Crippen LogP contribution < -0.4 is 22.0 Å². The summed E-state index contributed by atoms with van der Waals surface area (Å²) in [5.74, 6) is 0.159. The average molecular weight is 756 g/mol. The Morgan fingerprint density at radius 3 is 2.43 bits per heavy atom. The topological polar surface area (TPSA) is 206 Å². The highest BCUT2D eigenvalue weighted by molar-refractivity contribution is 5.93. The zero-order valence-electron chi connectivity index (χ0n) is 31.6. The highest BCUT2D eigenvalue weighted by Crippen LogP contribution is 2.25. The molecule has 0 spiro atoms. The van der Waals surface area contributed by atoms with Gasteiger partial charge in [0, 0.05) is 31.9 Å². The molecule has 1 unspecified atom stereocenters. The average Bonchev–Trinajstić information content (AvgIpc) is 3.11. The third-order valence-corrected chi connectivity index (χ3v) is 9.58. The van der Waals surface area contributed by atoms with Gasteiger partial charge in [-0.15, -0.1) is 0 Å². The van der Waals surface area contributed by atoms with Gasteiger partial charge >= 0.3 is 5.97 Å². The summed E-state index contributed by atoms with van der Waals surface area (Å²) in [6.45, 7) is 8.49. The lowest BCUT2D eigenvalue weighted by Gasteiger charge is -2.36. The van der Waals surface area contributed by atoms with Crippen molar-refractivity contribution in [3.05, 3.63) is 65.5 Å². The molecule has 0 aliphatic carbocycles. The maximum Gasteiger partial charge on any atom is 0.325 e. The van der Waals surface area contributed by atoms with E-state index in [1.807, 2.05) is 13.0 Å². The van der Waals surface area contributed by atoms with E-state index in [1.165, 1.54) is 24.1 Å². The molecule has 3 rings (SSSR count). The minimum atomic E-state index is -1.34. The number of allylic oxidation sites excluding steroid dienone is 4. The van der Waals surface area contributed by atoms with Crippen molar-refractivity contribution in [1.29, 1.82) is 0 Å². The molecule has 2 heterocycles. The highest BCUT2D eigenvalue weighted by atomic mass is 19.1. The number of hydrogen-bond donors (Lipinski definition) is 5. The van der Waals surface area contributed by atoms with Crippen LogP contribution in [0.3, 0.4) is 0 Å². The van der Waals surface area contributed by atoms with E-state index in [1.54, 1.807) is 39.0 Å². The molecule has 14 nitrogen and oxygen atoms in total. The van der Waals surface area contributed by atoms with Crippen molar-refractivity contribution in [2.45, 2.75) is 110 Å². The van der Waals surface area contributed by atoms with E-state index in [2.05, 4.69) is 16.1 Å². The van der Waals surface area contributed by atoms with Crippen LogP contribution >= 0.6 is 0 Å². The number of aldehydes is 1. The van der Waals surface area contributed by atoms with Crippen molar-refractivity contribution >= 4 is 35.8 Å². The lowest BCUT2D eigenvalue weighted by Crippen LogP contribution is -2.62. The molecule has 2 aliphatic heterocycles. The fourth-order valence-electron chi connectivity index (χ4n) is 6.53. The van der Waals surface area contributed by atoms with E-state index < -0.39 is 71.7 Å². The van der Waals surface area contributed by atoms with Crippen LogP contribution in [0.2, 0.25) is 0 Å². The standard InChI is InChI=1S/C39H54FN5O9/c1-23(2)34-37(50)42-32(21-27-19-28(40)22-29(48)20-27)38(51)45-17-10-12-31(44-45)39(52)53-33(24(3)16-18-46)13-9-7-6-8-11-25(4)35(54-41)30(36(49)43-34)15-14-26(5)47/h6-9,16,18-20,22-23,25,30-35,44,48H,10-15,17,21,41H2,1-5H3,(H,42,50)(H,43,49)/b8-6+,9-7+,24-16+/t25-,30+,31?,32-,33-,34-,35+/m0/s1. The van der Waals surface area contributed by atoms with Crippen LogP contribution in [-0.2, 0) is 44.8 Å². The second-order valence-electron chi connectivity index (χ2n) is 14.4. The summed E-state index contributed by atoms with van der Waals surface area (Å²) in [7, 11) is 0. The van der Waals surface area contributed by atoms with E-state index in [0.29, 0.717) is 31.1 Å². The van der Waals surface area contributed by atoms with Gasteiger partial charge in [0.15, 0.2) is 0 Å². The molecule has 296 valence electrons. The molecule has 1 aromatic rings. The van der Waals surface area contributed by atoms with Crippen LogP contribution in [0.25, 0.3) is 0 Å². The van der Waals surface area contributed by atoms with Crippen molar-refractivity contribution in [2.75, 3.05) is 6.54 Å². The molecule has 6 N–H and O–H groups in total. The van der Waals surface area contributed by atoms with Crippen LogP contribution in [0.4, 0.5) is 4.39 Å². The molecule has 0 saturated carbocycles. The highest BCUT2D eigenvalue weighted by Gasteiger charge is 2.38. The number of phenolic OH excluding ortho intramolecular Hbond substituents is 1. The number of nitrogens with zero attached hydrogens (tertiary/aromatic N) is 1. The molecule has 3 amide bonds. The van der Waals surface area contributed by atoms with Crippen LogP contribution in [-0.4, -0.2) is 82.8 Å². The van der Waals surface area contributed by atoms with E-state index in [4.69, 9.17) is 15.5 Å². The third-order valence-electron chi connectivity index (χ3n) is 9.58. The number of hydrazine groups is 1. The molecule has 1 aromatic carbocycles. The molecule has 15 heteroatoms. The number of halogens is 1. The Bertz CT molecular complexity index is 1580. The summed E-state index contributed by atoms with van der Waals surface area (Å²) in [5, 5.41) is 16.8. The Kier molecular flexibility index (Phi) is 17.2. The van der Waals surface area contributed by atoms with Gasteiger partial charge in [-0.05, 0) is 80.7 Å². The van der Waals surface area contributed by atoms with Gasteiger partial charge in [-0.25, -0.2) is 15.7 Å². The number of ketones is 1. The number of Topliss-reactive ketones (excluding diaryl/α,β-unsaturated/α-hetero) is 1. The van der Waals surface area contributed by atoms with Crippen LogP contribution in [0.5, 0.6) is 5.75 Å². The number of fused-ring (bicyclic) bond motifs is 2. The number of nitrogens with two attached hydrogens (primary N) is 1. The normalized spacial score (nSPS) is 28.2. The predicted octanol–water partition coefficient (Wildman–Crippen LogP) is 3.04. The second-order valence-corrected chi connectivity index (χ2v) is 14.4. The number of hydrogen-bond acceptors (Lipinski definition) is 11. The Morgan fingerprint density at radius 2 is 1.80 bits per heavy atom. The predicted molar refractivity (Wildman–Crippen MR) is 197 cm³/mol. The van der Waals surface area contributed by atoms with Gasteiger partial charge in [0.05, 0.1) is 12.0 Å². The zero-order valence-corrected chi connectivity index (χ0v) is 31.6. The van der Waals surface area contributed by atoms with Crippen LogP contribution in [0.1, 0.15) is 78.7 Å². The van der Waals surface area contributed by atoms with E-state index >= 15 is 0 Å². The lowest BCUT2D eigenvalue weighted by molar-refractivity contribution is -0.156. The number of cyclic esters (lactones) is 1. The number of nitrogens with one attached hydrogen (secondary N) is 3. The fourth-order valence-corrected chi connectivity index (χ4v) is 6.53. The zero-order chi connectivity index (χ0) is 39.9. The molecular formula is C39H54FN5O9. The minimum Gasteiger partial charge on any atom is -0.508 e. The molecular weight excluding hydrogens is 701 g/mol. The monoisotopic (exact) mass is 755 g/mol. The van der Waals surface area contributed by atoms with Gasteiger partial charge in [0.2, 0.25) is 11.8 Å². The Morgan fingerprint density at radius 1 is 1.09 bits per heavy atom. The number of esters is 1. The van der Waals surface area contributed by atoms with Gasteiger partial charge in [-0.3, -0.25) is 29.0 Å². The summed E-state index contributed by atoms with van der Waals surface area (Å²) in [5.41, 5.74) is 3.63. The summed E-state index contributed by atoms with van der Waals surface area (Å²) in [6.07, 6.45) is 8.77. The number of carbonyl (C=O) groups is 6. The van der Waals surface area contributed by atoms with Gasteiger partial charge in [-0.2, -0.15) is 0 Å². The molecule has 1 fully saturated rings. The first-order valence-electron chi connectivity index (χ1n) is 18.3. The van der Waals surface area contributed by atoms with Crippen molar-refractivity contribution in [3.8, 4) is 5.75 Å². The summed E-state index contributed by atoms with van der Waals surface area (Å²) in [6, 6.07) is -0.155. The largest absolute Gasteiger partial charge is 0.508 e. The number of aromatic hydroxyl groups is 1. The number of carbonyl (C=O) groups excluding carboxylic acids is 6. The first-order valence-corrected chi connectivity index (χ1v) is 18.3. The Hall–Kier alpha value is -4.73. The van der Waals surface area contributed by atoms with E-state index in [-0.39, 0.29) is 55.2 Å². The van der Waals surface area contributed by atoms with Gasteiger partial charge < -0.3 is 30.1 Å². The molecule has 2 bridgehead atoms. The first-order chi connectivity index (χ1) is 25.6. The smallest absolute Gasteiger partial charge is 0.325 e. The summed E-state index contributed by atoms with van der Waals surface area (Å²) >= 11 is 0. The summed E-state index contributed by atoms with van der Waals surface area (Å²) in [4.78, 5) is 84.3. The van der Waals surface area contributed by atoms with Gasteiger partial charge in [-0.1, -0.05) is 45.1 Å². The Labute approximate surface area is 315 Å². The van der Waals surface area contributed by atoms with Crippen molar-refractivity contribution in [1.82, 2.24) is 21.1 Å². The quantitative estimate of drug-likeness (QED) is 0.107. The van der Waals surface area contributed by atoms with Crippen molar-refractivity contribution in [2.24, 2.45) is 23.7 Å². The molecule has 0 aromatic heterocycles. The van der Waals surface area contributed by atoms with Gasteiger partial charge in [0.25, 0.3) is 5.91 Å². The number of ether oxygens (including phenoxy) is 1. The van der Waals surface area contributed by atoms with Gasteiger partial charge in [0.1, 0.15) is 47.9 Å². The van der Waals surface area contributed by atoms with E-state index in [9.17, 15) is 38.3 Å². The summed E-state index contributed by atoms with van der Waals surface area (Å²) < 4.78 is 20.2. The SMILES string of the molecule is CC(=O)CC[C@H]1C(=O)N[C@@H](C(C)C)C(=O)N[C@@H](Cc2cc(O)cc(F)c2)C(=O)N2CCCC(N2)C(=O)O[C@H](/C(C)=C/C=O)C/C=C/C=C/C[C@H](C)[C@H]1ON. The number of benzene rings is 1.